The quantitative estimate of drug-likeness (QED) is 0.717. The van der Waals surface area contributed by atoms with Crippen molar-refractivity contribution < 1.29 is 9.59 Å². The molecule has 1 unspecified atom stereocenters. The van der Waals surface area contributed by atoms with Crippen molar-refractivity contribution in [1.29, 1.82) is 0 Å². The van der Waals surface area contributed by atoms with Crippen LogP contribution < -0.4 is 5.32 Å². The number of benzene rings is 1. The van der Waals surface area contributed by atoms with Crippen molar-refractivity contribution in [3.8, 4) is 0 Å². The van der Waals surface area contributed by atoms with Gasteiger partial charge >= 0.3 is 0 Å². The van der Waals surface area contributed by atoms with Crippen LogP contribution in [0.2, 0.25) is 0 Å². The Kier molecular flexibility index (Phi) is 7.83. The van der Waals surface area contributed by atoms with Crippen LogP contribution in [-0.4, -0.2) is 47.8 Å². The van der Waals surface area contributed by atoms with Crippen molar-refractivity contribution >= 4 is 23.2 Å². The predicted molar refractivity (Wildman–Crippen MR) is 118 cm³/mol. The molecule has 0 saturated carbocycles. The fraction of sp³-hybridized carbons (Fsp3) is 0.478. The number of thiophene rings is 1. The van der Waals surface area contributed by atoms with Crippen LogP contribution in [0.1, 0.15) is 47.5 Å². The van der Waals surface area contributed by atoms with E-state index in [0.29, 0.717) is 13.1 Å². The van der Waals surface area contributed by atoms with Crippen LogP contribution in [0.5, 0.6) is 0 Å². The molecule has 1 aromatic heterocycles. The number of nitrogens with zero attached hydrogens (tertiary/aromatic N) is 2. The van der Waals surface area contributed by atoms with E-state index in [1.165, 1.54) is 16.9 Å². The number of hydrogen-bond acceptors (Lipinski definition) is 4. The van der Waals surface area contributed by atoms with Gasteiger partial charge in [0.15, 0.2) is 0 Å². The van der Waals surface area contributed by atoms with Gasteiger partial charge in [-0.25, -0.2) is 0 Å². The molecule has 1 fully saturated rings. The molecular weight excluding hydrogens is 382 g/mol. The predicted octanol–water partition coefficient (Wildman–Crippen LogP) is 3.76. The topological polar surface area (TPSA) is 52.7 Å². The van der Waals surface area contributed by atoms with E-state index in [2.05, 4.69) is 48.3 Å². The van der Waals surface area contributed by atoms with Crippen LogP contribution in [-0.2, 0) is 17.9 Å². The van der Waals surface area contributed by atoms with Gasteiger partial charge in [0, 0.05) is 26.2 Å². The van der Waals surface area contributed by atoms with Gasteiger partial charge in [-0.15, -0.1) is 11.3 Å². The summed E-state index contributed by atoms with van der Waals surface area (Å²) in [7, 11) is 0. The highest BCUT2D eigenvalue weighted by Gasteiger charge is 2.29. The van der Waals surface area contributed by atoms with Crippen molar-refractivity contribution in [3.63, 3.8) is 0 Å². The molecule has 2 aromatic rings. The molecular formula is C23H31N3O2S. The SMILES string of the molecule is CCN(CC)Cc1ccc(CNC(=O)C2CCCN(C(=O)c3cccs3)C2)cc1. The average Bonchev–Trinajstić information content (AvgIpc) is 3.31. The van der Waals surface area contributed by atoms with Crippen molar-refractivity contribution in [3.05, 3.63) is 57.8 Å². The lowest BCUT2D eigenvalue weighted by Crippen LogP contribution is -2.45. The summed E-state index contributed by atoms with van der Waals surface area (Å²) in [5.74, 6) is -0.0446. The Morgan fingerprint density at radius 2 is 1.86 bits per heavy atom. The number of hydrogen-bond donors (Lipinski definition) is 1. The largest absolute Gasteiger partial charge is 0.352 e. The van der Waals surface area contributed by atoms with E-state index in [1.807, 2.05) is 22.4 Å². The first-order valence-electron chi connectivity index (χ1n) is 10.5. The second-order valence-electron chi connectivity index (χ2n) is 7.56. The van der Waals surface area contributed by atoms with Gasteiger partial charge in [0.2, 0.25) is 5.91 Å². The third-order valence-corrected chi connectivity index (χ3v) is 6.46. The van der Waals surface area contributed by atoms with Gasteiger partial charge in [-0.3, -0.25) is 14.5 Å². The molecule has 1 aliphatic heterocycles. The zero-order valence-corrected chi connectivity index (χ0v) is 18.2. The fourth-order valence-corrected chi connectivity index (χ4v) is 4.42. The second-order valence-corrected chi connectivity index (χ2v) is 8.51. The average molecular weight is 414 g/mol. The maximum absolute atomic E-state index is 12.7. The number of piperidine rings is 1. The third-order valence-electron chi connectivity index (χ3n) is 5.60. The van der Waals surface area contributed by atoms with E-state index in [9.17, 15) is 9.59 Å². The Morgan fingerprint density at radius 1 is 1.14 bits per heavy atom. The highest BCUT2D eigenvalue weighted by molar-refractivity contribution is 7.12. The molecule has 2 amide bonds. The van der Waals surface area contributed by atoms with E-state index < -0.39 is 0 Å². The maximum atomic E-state index is 12.7. The molecule has 1 atom stereocenters. The lowest BCUT2D eigenvalue weighted by Gasteiger charge is -2.31. The van der Waals surface area contributed by atoms with Gasteiger partial charge in [0.1, 0.15) is 0 Å². The first kappa shape index (κ1) is 21.5. The van der Waals surface area contributed by atoms with Gasteiger partial charge in [0.25, 0.3) is 5.91 Å². The Morgan fingerprint density at radius 3 is 2.52 bits per heavy atom. The summed E-state index contributed by atoms with van der Waals surface area (Å²) in [5, 5.41) is 4.97. The van der Waals surface area contributed by atoms with E-state index >= 15 is 0 Å². The first-order valence-corrected chi connectivity index (χ1v) is 11.4. The van der Waals surface area contributed by atoms with Gasteiger partial charge in [-0.1, -0.05) is 44.2 Å². The minimum Gasteiger partial charge on any atom is -0.352 e. The van der Waals surface area contributed by atoms with Gasteiger partial charge in [0.05, 0.1) is 10.8 Å². The monoisotopic (exact) mass is 413 g/mol. The van der Waals surface area contributed by atoms with Crippen molar-refractivity contribution in [2.75, 3.05) is 26.2 Å². The van der Waals surface area contributed by atoms with Crippen LogP contribution in [0, 0.1) is 5.92 Å². The standard InChI is InChI=1S/C23H31N3O2S/c1-3-25(4-2)16-19-11-9-18(10-12-19)15-24-22(27)20-7-5-13-26(17-20)23(28)21-8-6-14-29-21/h6,8-12,14,20H,3-5,7,13,15-17H2,1-2H3,(H,24,27). The summed E-state index contributed by atoms with van der Waals surface area (Å²) >= 11 is 1.45. The van der Waals surface area contributed by atoms with Crippen LogP contribution >= 0.6 is 11.3 Å². The zero-order valence-electron chi connectivity index (χ0n) is 17.4. The number of rotatable bonds is 8. The van der Waals surface area contributed by atoms with Crippen molar-refractivity contribution in [2.45, 2.75) is 39.8 Å². The molecule has 5 nitrogen and oxygen atoms in total. The molecule has 156 valence electrons. The maximum Gasteiger partial charge on any atom is 0.263 e. The second kappa shape index (κ2) is 10.6. The number of carbonyl (C=O) groups is 2. The Bertz CT molecular complexity index is 785. The van der Waals surface area contributed by atoms with E-state index in [4.69, 9.17) is 0 Å². The molecule has 1 aromatic carbocycles. The Balaban J connectivity index is 1.49. The number of carbonyl (C=O) groups excluding carboxylic acids is 2. The smallest absolute Gasteiger partial charge is 0.263 e. The van der Waals surface area contributed by atoms with Crippen LogP contribution in [0.3, 0.4) is 0 Å². The fourth-order valence-electron chi connectivity index (χ4n) is 3.73. The summed E-state index contributed by atoms with van der Waals surface area (Å²) in [4.78, 5) is 30.2. The summed E-state index contributed by atoms with van der Waals surface area (Å²) in [6.45, 7) is 9.15. The molecule has 1 N–H and O–H groups in total. The van der Waals surface area contributed by atoms with E-state index in [-0.39, 0.29) is 17.7 Å². The molecule has 1 aliphatic rings. The van der Waals surface area contributed by atoms with Gasteiger partial charge in [-0.05, 0) is 48.5 Å². The third kappa shape index (κ3) is 5.90. The minimum atomic E-state index is -0.130. The lowest BCUT2D eigenvalue weighted by molar-refractivity contribution is -0.126. The summed E-state index contributed by atoms with van der Waals surface area (Å²) in [5.41, 5.74) is 2.39. The summed E-state index contributed by atoms with van der Waals surface area (Å²) < 4.78 is 0. The number of nitrogens with one attached hydrogen (secondary N) is 1. The van der Waals surface area contributed by atoms with Crippen molar-refractivity contribution in [1.82, 2.24) is 15.1 Å². The number of amides is 2. The van der Waals surface area contributed by atoms with Gasteiger partial charge < -0.3 is 10.2 Å². The molecule has 0 aliphatic carbocycles. The normalized spacial score (nSPS) is 16.8. The van der Waals surface area contributed by atoms with Crippen LogP contribution in [0.25, 0.3) is 0 Å². The Hall–Kier alpha value is -2.18. The van der Waals surface area contributed by atoms with Crippen molar-refractivity contribution in [2.24, 2.45) is 5.92 Å². The van der Waals surface area contributed by atoms with Crippen LogP contribution in [0.15, 0.2) is 41.8 Å². The lowest BCUT2D eigenvalue weighted by atomic mass is 9.97. The van der Waals surface area contributed by atoms with E-state index in [0.717, 1.165) is 49.5 Å². The van der Waals surface area contributed by atoms with Crippen LogP contribution in [0.4, 0.5) is 0 Å². The molecule has 1 saturated heterocycles. The van der Waals surface area contributed by atoms with E-state index in [1.54, 1.807) is 0 Å². The Labute approximate surface area is 177 Å². The molecule has 29 heavy (non-hydrogen) atoms. The molecule has 0 bridgehead atoms. The first-order chi connectivity index (χ1) is 14.1. The molecule has 6 heteroatoms. The molecule has 0 radical (unpaired) electrons. The highest BCUT2D eigenvalue weighted by atomic mass is 32.1. The van der Waals surface area contributed by atoms with Gasteiger partial charge in [-0.2, -0.15) is 0 Å². The molecule has 2 heterocycles. The minimum absolute atomic E-state index is 0.0425. The molecule has 0 spiro atoms. The highest BCUT2D eigenvalue weighted by Crippen LogP contribution is 2.21. The number of likely N-dealkylation sites (tertiary alicyclic amines) is 1. The molecule has 3 rings (SSSR count). The summed E-state index contributed by atoms with van der Waals surface area (Å²) in [6.07, 6.45) is 1.71. The zero-order chi connectivity index (χ0) is 20.6. The summed E-state index contributed by atoms with van der Waals surface area (Å²) in [6, 6.07) is 12.2.